The zero-order chi connectivity index (χ0) is 14.9. The highest BCUT2D eigenvalue weighted by molar-refractivity contribution is 5.85. The van der Waals surface area contributed by atoms with Crippen molar-refractivity contribution in [2.75, 3.05) is 0 Å². The Labute approximate surface area is 130 Å². The van der Waals surface area contributed by atoms with E-state index in [1.807, 2.05) is 6.20 Å². The van der Waals surface area contributed by atoms with Crippen molar-refractivity contribution in [1.82, 2.24) is 9.97 Å². The SMILES string of the molecule is Cc1cc2cc(-c3cc(C4=CCCCC4)ccn3)ccc2[nH]1. The molecule has 2 aromatic heterocycles. The monoisotopic (exact) mass is 288 g/mol. The second kappa shape index (κ2) is 5.45. The predicted octanol–water partition coefficient (Wildman–Crippen LogP) is 5.50. The van der Waals surface area contributed by atoms with E-state index in [1.54, 1.807) is 0 Å². The maximum Gasteiger partial charge on any atom is 0.0708 e. The number of allylic oxidation sites excluding steroid dienone is 2. The molecule has 0 amide bonds. The number of H-pyrrole nitrogens is 1. The van der Waals surface area contributed by atoms with Crippen LogP contribution in [-0.2, 0) is 0 Å². The first kappa shape index (κ1) is 13.3. The van der Waals surface area contributed by atoms with Crippen molar-refractivity contribution in [3.8, 4) is 11.3 Å². The smallest absolute Gasteiger partial charge is 0.0708 e. The number of aromatic nitrogens is 2. The second-order valence-corrected chi connectivity index (χ2v) is 6.16. The Bertz CT molecular complexity index is 855. The van der Waals surface area contributed by atoms with Gasteiger partial charge in [0, 0.05) is 28.4 Å². The molecule has 4 rings (SSSR count). The van der Waals surface area contributed by atoms with Gasteiger partial charge >= 0.3 is 0 Å². The minimum atomic E-state index is 1.06. The molecular weight excluding hydrogens is 268 g/mol. The summed E-state index contributed by atoms with van der Waals surface area (Å²) in [5.41, 5.74) is 7.44. The molecule has 110 valence electrons. The van der Waals surface area contributed by atoms with Crippen molar-refractivity contribution in [2.24, 2.45) is 0 Å². The van der Waals surface area contributed by atoms with Gasteiger partial charge in [-0.1, -0.05) is 12.1 Å². The van der Waals surface area contributed by atoms with Crippen molar-refractivity contribution in [2.45, 2.75) is 32.6 Å². The molecule has 0 saturated carbocycles. The summed E-state index contributed by atoms with van der Waals surface area (Å²) < 4.78 is 0. The summed E-state index contributed by atoms with van der Waals surface area (Å²) in [6.45, 7) is 2.09. The van der Waals surface area contributed by atoms with Crippen LogP contribution in [0.2, 0.25) is 0 Å². The molecule has 0 aliphatic heterocycles. The molecule has 3 aromatic rings. The van der Waals surface area contributed by atoms with E-state index in [2.05, 4.69) is 59.4 Å². The first-order chi connectivity index (χ1) is 10.8. The first-order valence-corrected chi connectivity index (χ1v) is 8.05. The zero-order valence-electron chi connectivity index (χ0n) is 12.9. The van der Waals surface area contributed by atoms with E-state index in [9.17, 15) is 0 Å². The fourth-order valence-electron chi connectivity index (χ4n) is 3.33. The fraction of sp³-hybridized carbons (Fsp3) is 0.250. The lowest BCUT2D eigenvalue weighted by Gasteiger charge is -2.13. The molecular formula is C20H20N2. The topological polar surface area (TPSA) is 28.7 Å². The number of rotatable bonds is 2. The Morgan fingerprint density at radius 1 is 1.00 bits per heavy atom. The standard InChI is InChI=1S/C20H20N2/c1-14-11-18-12-17(7-8-19(18)22-14)20-13-16(9-10-21-20)15-5-3-2-4-6-15/h5,7-13,22H,2-4,6H2,1H3. The molecule has 1 N–H and O–H groups in total. The van der Waals surface area contributed by atoms with Gasteiger partial charge in [-0.25, -0.2) is 0 Å². The maximum absolute atomic E-state index is 4.58. The number of nitrogens with one attached hydrogen (secondary N) is 1. The van der Waals surface area contributed by atoms with Crippen LogP contribution in [0.25, 0.3) is 27.7 Å². The van der Waals surface area contributed by atoms with E-state index in [0.29, 0.717) is 0 Å². The van der Waals surface area contributed by atoms with E-state index >= 15 is 0 Å². The van der Waals surface area contributed by atoms with E-state index in [-0.39, 0.29) is 0 Å². The molecule has 1 aliphatic rings. The molecule has 2 heteroatoms. The molecule has 0 radical (unpaired) electrons. The molecule has 2 heterocycles. The lowest BCUT2D eigenvalue weighted by atomic mass is 9.93. The van der Waals surface area contributed by atoms with Crippen molar-refractivity contribution >= 4 is 16.5 Å². The third kappa shape index (κ3) is 2.45. The average molecular weight is 288 g/mol. The van der Waals surface area contributed by atoms with Crippen LogP contribution in [0.3, 0.4) is 0 Å². The highest BCUT2D eigenvalue weighted by Crippen LogP contribution is 2.29. The van der Waals surface area contributed by atoms with Crippen LogP contribution in [0.5, 0.6) is 0 Å². The van der Waals surface area contributed by atoms with Gasteiger partial charge in [-0.15, -0.1) is 0 Å². The van der Waals surface area contributed by atoms with Gasteiger partial charge in [0.1, 0.15) is 0 Å². The minimum absolute atomic E-state index is 1.06. The Balaban J connectivity index is 1.75. The Morgan fingerprint density at radius 2 is 1.95 bits per heavy atom. The predicted molar refractivity (Wildman–Crippen MR) is 92.7 cm³/mol. The maximum atomic E-state index is 4.58. The van der Waals surface area contributed by atoms with Gasteiger partial charge in [-0.05, 0) is 74.1 Å². The van der Waals surface area contributed by atoms with Gasteiger partial charge in [0.05, 0.1) is 5.69 Å². The normalized spacial score (nSPS) is 15.0. The van der Waals surface area contributed by atoms with E-state index in [0.717, 1.165) is 5.69 Å². The molecule has 0 unspecified atom stereocenters. The first-order valence-electron chi connectivity index (χ1n) is 8.05. The van der Waals surface area contributed by atoms with Crippen molar-refractivity contribution in [3.63, 3.8) is 0 Å². The van der Waals surface area contributed by atoms with Crippen molar-refractivity contribution in [3.05, 3.63) is 59.9 Å². The molecule has 0 bridgehead atoms. The molecule has 0 atom stereocenters. The Morgan fingerprint density at radius 3 is 2.82 bits per heavy atom. The van der Waals surface area contributed by atoms with Crippen LogP contribution < -0.4 is 0 Å². The van der Waals surface area contributed by atoms with Gasteiger partial charge in [-0.3, -0.25) is 4.98 Å². The van der Waals surface area contributed by atoms with Crippen LogP contribution in [0, 0.1) is 6.92 Å². The lowest BCUT2D eigenvalue weighted by Crippen LogP contribution is -1.93. The fourth-order valence-corrected chi connectivity index (χ4v) is 3.33. The number of fused-ring (bicyclic) bond motifs is 1. The van der Waals surface area contributed by atoms with Crippen LogP contribution in [-0.4, -0.2) is 9.97 Å². The largest absolute Gasteiger partial charge is 0.359 e. The van der Waals surface area contributed by atoms with E-state index in [4.69, 9.17) is 0 Å². The summed E-state index contributed by atoms with van der Waals surface area (Å²) >= 11 is 0. The summed E-state index contributed by atoms with van der Waals surface area (Å²) in [5.74, 6) is 0. The average Bonchev–Trinajstić information content (AvgIpc) is 2.95. The van der Waals surface area contributed by atoms with Gasteiger partial charge in [0.2, 0.25) is 0 Å². The Hall–Kier alpha value is -2.35. The van der Waals surface area contributed by atoms with Crippen LogP contribution in [0.15, 0.2) is 48.7 Å². The number of hydrogen-bond acceptors (Lipinski definition) is 1. The zero-order valence-corrected chi connectivity index (χ0v) is 12.9. The number of pyridine rings is 1. The van der Waals surface area contributed by atoms with Crippen LogP contribution in [0.4, 0.5) is 0 Å². The van der Waals surface area contributed by atoms with Crippen LogP contribution in [0.1, 0.15) is 36.9 Å². The summed E-state index contributed by atoms with van der Waals surface area (Å²) in [6, 6.07) is 13.1. The Kier molecular flexibility index (Phi) is 3.30. The molecule has 0 spiro atoms. The number of benzene rings is 1. The molecule has 1 aliphatic carbocycles. The molecule has 0 fully saturated rings. The summed E-state index contributed by atoms with van der Waals surface area (Å²) in [7, 11) is 0. The number of hydrogen-bond donors (Lipinski definition) is 1. The highest BCUT2D eigenvalue weighted by Gasteiger charge is 2.09. The van der Waals surface area contributed by atoms with E-state index in [1.165, 1.54) is 59.0 Å². The quantitative estimate of drug-likeness (QED) is 0.663. The van der Waals surface area contributed by atoms with Gasteiger partial charge in [-0.2, -0.15) is 0 Å². The third-order valence-corrected chi connectivity index (χ3v) is 4.47. The van der Waals surface area contributed by atoms with Crippen molar-refractivity contribution < 1.29 is 0 Å². The van der Waals surface area contributed by atoms with Crippen molar-refractivity contribution in [1.29, 1.82) is 0 Å². The number of aryl methyl sites for hydroxylation is 1. The second-order valence-electron chi connectivity index (χ2n) is 6.16. The highest BCUT2D eigenvalue weighted by atomic mass is 14.7. The number of aromatic amines is 1. The molecule has 0 saturated heterocycles. The van der Waals surface area contributed by atoms with Crippen LogP contribution >= 0.6 is 0 Å². The molecule has 1 aromatic carbocycles. The van der Waals surface area contributed by atoms with Gasteiger partial charge < -0.3 is 4.98 Å². The lowest BCUT2D eigenvalue weighted by molar-refractivity contribution is 0.742. The minimum Gasteiger partial charge on any atom is -0.359 e. The third-order valence-electron chi connectivity index (χ3n) is 4.47. The van der Waals surface area contributed by atoms with Gasteiger partial charge in [0.15, 0.2) is 0 Å². The summed E-state index contributed by atoms with van der Waals surface area (Å²) in [6.07, 6.45) is 9.36. The number of nitrogens with zero attached hydrogens (tertiary/aromatic N) is 1. The molecule has 22 heavy (non-hydrogen) atoms. The molecule has 2 nitrogen and oxygen atoms in total. The van der Waals surface area contributed by atoms with Gasteiger partial charge in [0.25, 0.3) is 0 Å². The summed E-state index contributed by atoms with van der Waals surface area (Å²) in [5, 5.41) is 1.25. The van der Waals surface area contributed by atoms with E-state index < -0.39 is 0 Å². The summed E-state index contributed by atoms with van der Waals surface area (Å²) in [4.78, 5) is 7.95.